The predicted octanol–water partition coefficient (Wildman–Crippen LogP) is 3.04. The van der Waals surface area contributed by atoms with E-state index in [2.05, 4.69) is 31.1 Å². The number of aryl methyl sites for hydroxylation is 1. The van der Waals surface area contributed by atoms with Gasteiger partial charge in [-0.1, -0.05) is 11.8 Å². The first-order valence-corrected chi connectivity index (χ1v) is 6.11. The van der Waals surface area contributed by atoms with Gasteiger partial charge in [0.05, 0.1) is 11.9 Å². The summed E-state index contributed by atoms with van der Waals surface area (Å²) in [7, 11) is 0. The van der Waals surface area contributed by atoms with Crippen LogP contribution in [-0.4, -0.2) is 25.8 Å². The predicted molar refractivity (Wildman–Crippen MR) is 58.4 cm³/mol. The molecule has 0 unspecified atom stereocenters. The number of thioether (sulfide) groups is 1. The quantitative estimate of drug-likeness (QED) is 0.476. The summed E-state index contributed by atoms with van der Waals surface area (Å²) < 4.78 is 24.8. The minimum Gasteiger partial charge on any atom is -0.225 e. The highest BCUT2D eigenvalue weighted by Gasteiger charge is 2.22. The van der Waals surface area contributed by atoms with Gasteiger partial charge in [-0.05, 0) is 29.3 Å². The Morgan fingerprint density at radius 1 is 1.53 bits per heavy atom. The van der Waals surface area contributed by atoms with Crippen LogP contribution >= 0.6 is 27.7 Å². The van der Waals surface area contributed by atoms with Crippen molar-refractivity contribution in [3.63, 3.8) is 0 Å². The lowest BCUT2D eigenvalue weighted by Gasteiger charge is -2.06. The third kappa shape index (κ3) is 5.99. The normalized spacial score (nSPS) is 11.7. The zero-order valence-electron chi connectivity index (χ0n) is 8.08. The van der Waals surface area contributed by atoms with Crippen LogP contribution in [0.1, 0.15) is 18.5 Å². The molecule has 0 aliphatic rings. The Morgan fingerprint density at radius 2 is 2.27 bits per heavy atom. The molecule has 7 heteroatoms. The fourth-order valence-electron chi connectivity index (χ4n) is 0.861. The van der Waals surface area contributed by atoms with Gasteiger partial charge in [0.15, 0.2) is 0 Å². The maximum atomic E-state index is 12.4. The van der Waals surface area contributed by atoms with Gasteiger partial charge in [0, 0.05) is 12.2 Å². The zero-order valence-corrected chi connectivity index (χ0v) is 10.5. The average Bonchev–Trinajstić information content (AvgIpc) is 2.11. The van der Waals surface area contributed by atoms with Crippen molar-refractivity contribution in [1.82, 2.24) is 15.2 Å². The first kappa shape index (κ1) is 12.8. The van der Waals surface area contributed by atoms with Crippen molar-refractivity contribution in [2.75, 3.05) is 5.75 Å². The Labute approximate surface area is 99.2 Å². The summed E-state index contributed by atoms with van der Waals surface area (Å²) in [4.78, 5) is 1.33. The molecule has 1 heterocycles. The third-order valence-corrected chi connectivity index (χ3v) is 2.82. The van der Waals surface area contributed by atoms with Gasteiger partial charge in [0.1, 0.15) is 0 Å². The molecule has 0 atom stereocenters. The van der Waals surface area contributed by atoms with E-state index in [-0.39, 0.29) is 6.42 Å². The molecular formula is C8H10BrF2N3S. The highest BCUT2D eigenvalue weighted by atomic mass is 79.9. The molecule has 84 valence electrons. The molecule has 0 saturated carbocycles. The lowest BCUT2D eigenvalue weighted by atomic mass is 10.3. The lowest BCUT2D eigenvalue weighted by molar-refractivity contribution is 0.104. The van der Waals surface area contributed by atoms with Crippen LogP contribution in [0.5, 0.6) is 0 Å². The van der Waals surface area contributed by atoms with Crippen LogP contribution < -0.4 is 0 Å². The van der Waals surface area contributed by atoms with E-state index in [1.54, 1.807) is 6.20 Å². The SMILES string of the molecule is Cc1cnnc(SCCCC(F)(F)Br)n1. The van der Waals surface area contributed by atoms with E-state index in [4.69, 9.17) is 0 Å². The van der Waals surface area contributed by atoms with E-state index < -0.39 is 4.83 Å². The molecule has 0 aromatic carbocycles. The molecule has 1 aromatic rings. The molecule has 0 radical (unpaired) electrons. The molecule has 1 rings (SSSR count). The molecule has 0 N–H and O–H groups in total. The van der Waals surface area contributed by atoms with E-state index >= 15 is 0 Å². The van der Waals surface area contributed by atoms with Gasteiger partial charge in [0.2, 0.25) is 5.16 Å². The summed E-state index contributed by atoms with van der Waals surface area (Å²) in [5.74, 6) is 0.562. The molecule has 15 heavy (non-hydrogen) atoms. The highest BCUT2D eigenvalue weighted by Crippen LogP contribution is 2.28. The van der Waals surface area contributed by atoms with Crippen LogP contribution in [0.25, 0.3) is 0 Å². The van der Waals surface area contributed by atoms with Crippen molar-refractivity contribution in [3.8, 4) is 0 Å². The largest absolute Gasteiger partial charge is 0.301 e. The summed E-state index contributed by atoms with van der Waals surface area (Å²) in [6, 6.07) is 0. The van der Waals surface area contributed by atoms with Crippen LogP contribution in [-0.2, 0) is 0 Å². The fourth-order valence-corrected chi connectivity index (χ4v) is 1.93. The monoisotopic (exact) mass is 297 g/mol. The Balaban J connectivity index is 2.26. The topological polar surface area (TPSA) is 38.7 Å². The molecule has 0 spiro atoms. The summed E-state index contributed by atoms with van der Waals surface area (Å²) in [6.07, 6.45) is 1.77. The molecule has 0 fully saturated rings. The van der Waals surface area contributed by atoms with Crippen molar-refractivity contribution < 1.29 is 8.78 Å². The maximum absolute atomic E-state index is 12.4. The van der Waals surface area contributed by atoms with Crippen LogP contribution in [0.2, 0.25) is 0 Å². The molecule has 0 saturated heterocycles. The van der Waals surface area contributed by atoms with Crippen LogP contribution in [0.3, 0.4) is 0 Å². The van der Waals surface area contributed by atoms with Crippen molar-refractivity contribution in [1.29, 1.82) is 0 Å². The molecular weight excluding hydrogens is 288 g/mol. The zero-order chi connectivity index (χ0) is 11.3. The van der Waals surface area contributed by atoms with Crippen molar-refractivity contribution in [3.05, 3.63) is 11.9 Å². The van der Waals surface area contributed by atoms with Crippen molar-refractivity contribution in [2.24, 2.45) is 0 Å². The maximum Gasteiger partial charge on any atom is 0.301 e. The minimum absolute atomic E-state index is 0.181. The first-order chi connectivity index (χ1) is 6.97. The molecule has 0 aliphatic heterocycles. The smallest absolute Gasteiger partial charge is 0.225 e. The first-order valence-electron chi connectivity index (χ1n) is 4.33. The van der Waals surface area contributed by atoms with E-state index in [0.29, 0.717) is 17.3 Å². The van der Waals surface area contributed by atoms with Gasteiger partial charge < -0.3 is 0 Å². The van der Waals surface area contributed by atoms with Gasteiger partial charge in [-0.15, -0.1) is 5.10 Å². The minimum atomic E-state index is -2.76. The summed E-state index contributed by atoms with van der Waals surface area (Å²) in [5.41, 5.74) is 0.776. The van der Waals surface area contributed by atoms with Gasteiger partial charge >= 0.3 is 4.83 Å². The number of halogens is 3. The third-order valence-electron chi connectivity index (χ3n) is 1.50. The molecule has 0 aliphatic carbocycles. The summed E-state index contributed by atoms with van der Waals surface area (Å²) >= 11 is 3.63. The Morgan fingerprint density at radius 3 is 2.87 bits per heavy atom. The van der Waals surface area contributed by atoms with Crippen molar-refractivity contribution in [2.45, 2.75) is 29.8 Å². The highest BCUT2D eigenvalue weighted by molar-refractivity contribution is 9.09. The number of rotatable bonds is 5. The molecule has 0 amide bonds. The second-order valence-electron chi connectivity index (χ2n) is 2.95. The van der Waals surface area contributed by atoms with Gasteiger partial charge in [0.25, 0.3) is 0 Å². The number of nitrogens with zero attached hydrogens (tertiary/aromatic N) is 3. The van der Waals surface area contributed by atoms with Gasteiger partial charge in [-0.25, -0.2) is 4.98 Å². The Bertz CT molecular complexity index is 319. The van der Waals surface area contributed by atoms with Crippen LogP contribution in [0, 0.1) is 6.92 Å². The van der Waals surface area contributed by atoms with Gasteiger partial charge in [-0.2, -0.15) is 13.9 Å². The van der Waals surface area contributed by atoms with Crippen LogP contribution in [0.4, 0.5) is 8.78 Å². The molecule has 3 nitrogen and oxygen atoms in total. The second-order valence-corrected chi connectivity index (χ2v) is 5.17. The lowest BCUT2D eigenvalue weighted by Crippen LogP contribution is -2.04. The second kappa shape index (κ2) is 5.69. The molecule has 0 bridgehead atoms. The van der Waals surface area contributed by atoms with E-state index in [1.807, 2.05) is 6.92 Å². The van der Waals surface area contributed by atoms with E-state index in [0.717, 1.165) is 5.69 Å². The molecule has 1 aromatic heterocycles. The summed E-state index contributed by atoms with van der Waals surface area (Å²) in [5, 5.41) is 8.03. The summed E-state index contributed by atoms with van der Waals surface area (Å²) in [6.45, 7) is 1.81. The van der Waals surface area contributed by atoms with E-state index in [9.17, 15) is 8.78 Å². The number of hydrogen-bond acceptors (Lipinski definition) is 4. The van der Waals surface area contributed by atoms with Crippen molar-refractivity contribution >= 4 is 27.7 Å². The fraction of sp³-hybridized carbons (Fsp3) is 0.625. The Hall–Kier alpha value is -0.300. The number of aromatic nitrogens is 3. The van der Waals surface area contributed by atoms with Gasteiger partial charge in [-0.3, -0.25) is 0 Å². The number of hydrogen-bond donors (Lipinski definition) is 0. The van der Waals surface area contributed by atoms with E-state index in [1.165, 1.54) is 11.8 Å². The number of alkyl halides is 3. The standard InChI is InChI=1S/C8H10BrF2N3S/c1-6-5-12-14-7(13-6)15-4-2-3-8(9,10)11/h5H,2-4H2,1H3. The van der Waals surface area contributed by atoms with Crippen LogP contribution in [0.15, 0.2) is 11.4 Å². The Kier molecular flexibility index (Phi) is 4.85. The average molecular weight is 298 g/mol.